The van der Waals surface area contributed by atoms with Crippen LogP contribution < -0.4 is 0 Å². The maximum Gasteiger partial charge on any atom is 0.347 e. The Hall–Kier alpha value is -7.52. The lowest BCUT2D eigenvalue weighted by Crippen LogP contribution is -2.62. The molecule has 15 saturated carbocycles. The van der Waals surface area contributed by atoms with E-state index in [1.54, 1.807) is 20.8 Å². The molecule has 1 N–H and O–H groups in total. The van der Waals surface area contributed by atoms with Crippen molar-refractivity contribution in [3.8, 4) is 0 Å². The molecule has 17 aliphatic rings. The Morgan fingerprint density at radius 1 is 0.500 bits per heavy atom. The number of hydrogen-bond acceptors (Lipinski definition) is 26. The van der Waals surface area contributed by atoms with Gasteiger partial charge in [-0.15, -0.1) is 0 Å². The molecule has 2 heterocycles. The van der Waals surface area contributed by atoms with E-state index in [0.29, 0.717) is 90.4 Å². The Kier molecular flexibility index (Phi) is 28.8. The normalized spacial score (nSPS) is 34.6. The van der Waals surface area contributed by atoms with Gasteiger partial charge in [0.15, 0.2) is 13.2 Å². The van der Waals surface area contributed by atoms with Crippen molar-refractivity contribution in [2.45, 2.75) is 281 Å². The summed E-state index contributed by atoms with van der Waals surface area (Å²) in [4.78, 5) is 126. The number of carbonyl (C=O) groups excluding carboxylic acids is 11. The molecule has 8 unspecified atom stereocenters. The standard InChI is InChI=1S/C19H26O6.C17H22O9S.C17H26O2.C14H20O3.C10H16O2.C8H10O4/c1-11(2)18(22)24-9-16(20)23-10-17(21)25-19(3)14-5-12-4-13(7-14)8-15(19)6-12;1-9(2)17(20)24-6-5-23-13(18)3-4-14(19)25-15-10-7-11-12(8-10)27(21,22)26-16(11)15;1-10(2)16(18)19-17(11(3)4)14-6-12-5-13(8-14)9-15(17)7-12;1-9(2)12(15)17-14-6-10-3-11(7-14)5-13(16,4-10)8-14;1-8(2)9(11)12-10(3)6-4-5-7-10;1-5(2)7(9)12-6-3-4-11-8(6)10/h12-15H,1,4-10H2,2-3H3;10-12,15-16H,1,3-8H2,2H3;11-15H,1,5-9H2,2-4H3;10-11,16H,1,3-8H2,2H3;1,4-7H2,2-3H3;6H,1,3-4H2,2H3. The van der Waals surface area contributed by atoms with E-state index >= 15 is 0 Å². The van der Waals surface area contributed by atoms with Gasteiger partial charge in [0.2, 0.25) is 6.10 Å². The Bertz CT molecular complexity index is 3700. The fourth-order valence-electron chi connectivity index (χ4n) is 21.2. The number of aliphatic hydroxyl groups is 1. The van der Waals surface area contributed by atoms with Gasteiger partial charge in [-0.3, -0.25) is 13.8 Å². The van der Waals surface area contributed by atoms with Gasteiger partial charge in [-0.1, -0.05) is 53.3 Å². The van der Waals surface area contributed by atoms with Crippen molar-refractivity contribution >= 4 is 75.8 Å². The van der Waals surface area contributed by atoms with Crippen LogP contribution in [0.5, 0.6) is 0 Å². The molecule has 17 fully saturated rings. The molecule has 14 bridgehead atoms. The monoisotopic (exact) mass is 1590 g/mol. The van der Waals surface area contributed by atoms with Gasteiger partial charge in [0.05, 0.1) is 30.3 Å². The Labute approximate surface area is 659 Å². The second-order valence-corrected chi connectivity index (χ2v) is 37.3. The van der Waals surface area contributed by atoms with E-state index in [2.05, 4.69) is 62.8 Å². The van der Waals surface area contributed by atoms with Crippen molar-refractivity contribution in [1.82, 2.24) is 0 Å². The third-order valence-electron chi connectivity index (χ3n) is 25.7. The van der Waals surface area contributed by atoms with Crippen molar-refractivity contribution in [2.75, 3.05) is 33.0 Å². The SMILES string of the molecule is C=C(C)C(=O)OC1(C(C)C)C2CC3CC(C2)CC1C3.C=C(C)C(=O)OC1(C)CCCC1.C=C(C)C(=O)OC12CC3CC(CC(O)(C3)C1)C2.C=C(C)C(=O)OC1CCOC1=O.C=C(C)C(=O)OCC(=O)OCC(=O)OC1(C)C2CC3CC(C2)CC1C3.C=C(C)C(=O)OCCOC(=O)CCC(=O)OC1C2CC3C1OS(=O)(=O)C3C2. The van der Waals surface area contributed by atoms with Crippen LogP contribution in [0.4, 0.5) is 0 Å². The quantitative estimate of drug-likeness (QED) is 0.0326. The molecule has 26 nitrogen and oxygen atoms in total. The first-order chi connectivity index (χ1) is 52.4. The topological polar surface area (TPSA) is 353 Å². The fourth-order valence-corrected chi connectivity index (χ4v) is 23.1. The van der Waals surface area contributed by atoms with Crippen LogP contribution in [0.15, 0.2) is 72.9 Å². The van der Waals surface area contributed by atoms with Crippen LogP contribution in [-0.4, -0.2) is 164 Å². The number of cyclic esters (lactones) is 1. The molecule has 0 aromatic heterocycles. The summed E-state index contributed by atoms with van der Waals surface area (Å²) >= 11 is 0. The lowest BCUT2D eigenvalue weighted by molar-refractivity contribution is -0.221. The highest BCUT2D eigenvalue weighted by atomic mass is 32.2. The van der Waals surface area contributed by atoms with E-state index in [4.69, 9.17) is 46.8 Å². The van der Waals surface area contributed by atoms with Crippen LogP contribution in [-0.2, 0) is 119 Å². The minimum absolute atomic E-state index is 0.0128. The molecule has 2 saturated heterocycles. The molecule has 17 rings (SSSR count). The van der Waals surface area contributed by atoms with Crippen LogP contribution in [0.3, 0.4) is 0 Å². The van der Waals surface area contributed by atoms with Crippen molar-refractivity contribution in [1.29, 1.82) is 0 Å². The second kappa shape index (κ2) is 36.5. The van der Waals surface area contributed by atoms with E-state index in [9.17, 15) is 66.3 Å². The van der Waals surface area contributed by atoms with E-state index < -0.39 is 111 Å². The predicted octanol–water partition coefficient (Wildman–Crippen LogP) is 11.9. The van der Waals surface area contributed by atoms with Crippen LogP contribution in [0.25, 0.3) is 0 Å². The third-order valence-corrected chi connectivity index (χ3v) is 27.4. The molecule has 8 atom stereocenters. The maximum absolute atomic E-state index is 12.2. The number of ether oxygens (including phenoxy) is 11. The largest absolute Gasteiger partial charge is 0.463 e. The summed E-state index contributed by atoms with van der Waals surface area (Å²) in [6.07, 6.45) is 21.5. The smallest absolute Gasteiger partial charge is 0.347 e. The summed E-state index contributed by atoms with van der Waals surface area (Å²) in [5.74, 6) is 1.26. The van der Waals surface area contributed by atoms with Gasteiger partial charge in [0, 0.05) is 58.1 Å². The first-order valence-corrected chi connectivity index (χ1v) is 41.6. The zero-order valence-corrected chi connectivity index (χ0v) is 68.1. The van der Waals surface area contributed by atoms with Crippen molar-refractivity contribution in [3.63, 3.8) is 0 Å². The molecule has 15 aliphatic carbocycles. The molecule has 27 heteroatoms. The van der Waals surface area contributed by atoms with Crippen LogP contribution in [0.2, 0.25) is 0 Å². The molecule has 112 heavy (non-hydrogen) atoms. The Morgan fingerprint density at radius 2 is 0.964 bits per heavy atom. The lowest BCUT2D eigenvalue weighted by atomic mass is 9.47. The van der Waals surface area contributed by atoms with E-state index in [0.717, 1.165) is 87.9 Å². The fraction of sp³-hybridized carbons (Fsp3) is 0.729. The molecular weight excluding hydrogens is 1470 g/mol. The molecule has 2 aliphatic heterocycles. The molecular formula is C85H120O26S. The lowest BCUT2D eigenvalue weighted by Gasteiger charge is -2.61. The molecule has 0 aromatic rings. The maximum atomic E-state index is 12.2. The zero-order chi connectivity index (χ0) is 82.3. The summed E-state index contributed by atoms with van der Waals surface area (Å²) in [6.45, 7) is 38.4. The Morgan fingerprint density at radius 3 is 1.46 bits per heavy atom. The highest BCUT2D eigenvalue weighted by molar-refractivity contribution is 7.87. The van der Waals surface area contributed by atoms with Gasteiger partial charge in [-0.05, 0) is 255 Å². The highest BCUT2D eigenvalue weighted by Gasteiger charge is 2.66. The number of esters is 11. The minimum Gasteiger partial charge on any atom is -0.463 e. The van der Waals surface area contributed by atoms with E-state index in [1.165, 1.54) is 78.6 Å². The van der Waals surface area contributed by atoms with Crippen molar-refractivity contribution in [3.05, 3.63) is 72.9 Å². The van der Waals surface area contributed by atoms with Crippen molar-refractivity contribution in [2.24, 2.45) is 76.9 Å². The van der Waals surface area contributed by atoms with Gasteiger partial charge < -0.3 is 57.2 Å². The summed E-state index contributed by atoms with van der Waals surface area (Å²) in [6, 6.07) is 0. The van der Waals surface area contributed by atoms with Crippen LogP contribution in [0, 0.1) is 76.9 Å². The van der Waals surface area contributed by atoms with Gasteiger partial charge >= 0.3 is 65.7 Å². The van der Waals surface area contributed by atoms with Gasteiger partial charge in [0.25, 0.3) is 10.1 Å². The number of carbonyl (C=O) groups is 11. The predicted molar refractivity (Wildman–Crippen MR) is 405 cm³/mol. The van der Waals surface area contributed by atoms with Gasteiger partial charge in [-0.2, -0.15) is 8.42 Å². The number of fused-ring (bicyclic) bond motifs is 1. The van der Waals surface area contributed by atoms with E-state index in [1.807, 2.05) is 13.8 Å². The highest BCUT2D eigenvalue weighted by Crippen LogP contribution is 2.64. The number of hydrogen-bond donors (Lipinski definition) is 1. The van der Waals surface area contributed by atoms with Crippen LogP contribution in [0.1, 0.15) is 230 Å². The first-order valence-electron chi connectivity index (χ1n) is 40.2. The molecule has 0 radical (unpaired) electrons. The summed E-state index contributed by atoms with van der Waals surface area (Å²) in [5, 5.41) is 10.0. The second-order valence-electron chi connectivity index (χ2n) is 35.5. The molecule has 0 amide bonds. The average Bonchev–Trinajstić information content (AvgIpc) is 1.49. The summed E-state index contributed by atoms with van der Waals surface area (Å²) in [7, 11) is -3.56. The van der Waals surface area contributed by atoms with E-state index in [-0.39, 0.29) is 83.7 Å². The Balaban J connectivity index is 0.000000158. The van der Waals surface area contributed by atoms with Gasteiger partial charge in [0.1, 0.15) is 47.8 Å². The molecule has 0 spiro atoms. The third kappa shape index (κ3) is 21.7. The molecule has 622 valence electrons. The molecule has 0 aromatic carbocycles. The summed E-state index contributed by atoms with van der Waals surface area (Å²) < 4.78 is 85.7. The van der Waals surface area contributed by atoms with Gasteiger partial charge in [-0.25, -0.2) is 43.2 Å². The number of rotatable bonds is 23. The van der Waals surface area contributed by atoms with Crippen molar-refractivity contribution < 1.29 is 123 Å². The summed E-state index contributed by atoms with van der Waals surface area (Å²) in [5.41, 5.74) is 0.383. The average molecular weight is 1590 g/mol. The zero-order valence-electron chi connectivity index (χ0n) is 67.3. The van der Waals surface area contributed by atoms with Crippen LogP contribution >= 0.6 is 0 Å². The first kappa shape index (κ1) is 88.4. The minimum atomic E-state index is -3.56.